The molecule has 1 aliphatic heterocycles. The molecule has 1 aromatic heterocycles. The molecule has 194 valence electrons. The normalized spacial score (nSPS) is 15.8. The molecular weight excluding hydrogens is 509 g/mol. The van der Waals surface area contributed by atoms with Gasteiger partial charge in [0.2, 0.25) is 0 Å². The van der Waals surface area contributed by atoms with Crippen molar-refractivity contribution >= 4 is 23.2 Å². The highest BCUT2D eigenvalue weighted by atomic mass is 35.5. The lowest BCUT2D eigenvalue weighted by atomic mass is 10.1. The Bertz CT molecular complexity index is 1320. The van der Waals surface area contributed by atoms with E-state index >= 15 is 0 Å². The summed E-state index contributed by atoms with van der Waals surface area (Å²) in [7, 11) is 0. The summed E-state index contributed by atoms with van der Waals surface area (Å²) in [5.74, 6) is 4.89. The Morgan fingerprint density at radius 2 is 2.14 bits per heavy atom. The first-order valence-electron chi connectivity index (χ1n) is 11.6. The van der Waals surface area contributed by atoms with Crippen LogP contribution in [-0.4, -0.2) is 58.2 Å². The molecule has 11 heteroatoms. The van der Waals surface area contributed by atoms with Crippen LogP contribution in [0.1, 0.15) is 24.1 Å². The molecule has 0 aliphatic carbocycles. The number of aliphatic hydroxyl groups is 1. The number of β-amino-alcohol motifs (C(OH)–C–C–N with tert-alkyl or cyclic N) is 1. The van der Waals surface area contributed by atoms with Gasteiger partial charge in [-0.25, -0.2) is 4.98 Å². The highest BCUT2D eigenvalue weighted by Gasteiger charge is 2.33. The highest BCUT2D eigenvalue weighted by molar-refractivity contribution is 6.30. The second kappa shape index (κ2) is 11.7. The molecule has 3 N–H and O–H groups in total. The Kier molecular flexibility index (Phi) is 8.38. The van der Waals surface area contributed by atoms with Crippen LogP contribution in [0.5, 0.6) is 5.75 Å². The van der Waals surface area contributed by atoms with Crippen molar-refractivity contribution in [2.75, 3.05) is 31.6 Å². The van der Waals surface area contributed by atoms with Crippen molar-refractivity contribution in [2.45, 2.75) is 25.1 Å². The second-order valence-electron chi connectivity index (χ2n) is 8.51. The number of aromatic nitrogens is 2. The summed E-state index contributed by atoms with van der Waals surface area (Å²) < 4.78 is 44.9. The van der Waals surface area contributed by atoms with Gasteiger partial charge in [0.25, 0.3) is 0 Å². The van der Waals surface area contributed by atoms with E-state index in [0.717, 1.165) is 19.5 Å². The van der Waals surface area contributed by atoms with Gasteiger partial charge in [0.15, 0.2) is 0 Å². The van der Waals surface area contributed by atoms with Crippen LogP contribution in [0.4, 0.5) is 18.9 Å². The smallest absolute Gasteiger partial charge is 0.432 e. The quantitative estimate of drug-likeness (QED) is 0.306. The lowest BCUT2D eigenvalue weighted by Gasteiger charge is -2.16. The van der Waals surface area contributed by atoms with Gasteiger partial charge >= 0.3 is 12.1 Å². The van der Waals surface area contributed by atoms with E-state index in [0.29, 0.717) is 47.7 Å². The summed E-state index contributed by atoms with van der Waals surface area (Å²) in [5, 5.41) is 12.8. The average molecular weight is 533 g/mol. The van der Waals surface area contributed by atoms with Crippen molar-refractivity contribution in [3.05, 3.63) is 64.9 Å². The van der Waals surface area contributed by atoms with Crippen molar-refractivity contribution in [3.8, 4) is 29.0 Å². The van der Waals surface area contributed by atoms with Crippen LogP contribution in [-0.2, 0) is 11.0 Å². The van der Waals surface area contributed by atoms with Crippen molar-refractivity contribution in [1.29, 1.82) is 0 Å². The number of H-pyrrole nitrogens is 1. The first kappa shape index (κ1) is 26.5. The zero-order valence-electron chi connectivity index (χ0n) is 19.6. The monoisotopic (exact) mass is 532 g/mol. The third-order valence-corrected chi connectivity index (χ3v) is 5.89. The molecule has 1 aliphatic rings. The van der Waals surface area contributed by atoms with Crippen LogP contribution >= 0.6 is 11.6 Å². The molecule has 1 fully saturated rings. The molecular formula is C26H24ClF3N4O3. The summed E-state index contributed by atoms with van der Waals surface area (Å²) in [6.07, 6.45) is -2.72. The molecule has 3 aromatic rings. The van der Waals surface area contributed by atoms with E-state index in [1.54, 1.807) is 36.4 Å². The van der Waals surface area contributed by atoms with E-state index < -0.39 is 17.8 Å². The number of aromatic amines is 1. The summed E-state index contributed by atoms with van der Waals surface area (Å²) in [4.78, 5) is 20.8. The number of benzene rings is 2. The zero-order chi connectivity index (χ0) is 26.4. The maximum absolute atomic E-state index is 13.0. The number of carbonyl (C=O) groups excluding carboxylic acids is 1. The molecule has 0 spiro atoms. The zero-order valence-corrected chi connectivity index (χ0v) is 20.4. The van der Waals surface area contributed by atoms with Gasteiger partial charge < -0.3 is 25.0 Å². The van der Waals surface area contributed by atoms with Crippen LogP contribution in [0.15, 0.2) is 48.7 Å². The third kappa shape index (κ3) is 7.49. The van der Waals surface area contributed by atoms with Crippen LogP contribution in [0.25, 0.3) is 11.4 Å². The Morgan fingerprint density at radius 1 is 1.30 bits per heavy atom. The summed E-state index contributed by atoms with van der Waals surface area (Å²) >= 11 is 5.95. The van der Waals surface area contributed by atoms with Crippen LogP contribution in [0, 0.1) is 11.8 Å². The topological polar surface area (TPSA) is 90.5 Å². The SMILES string of the molecule is O=C(C#Cc1cccc(Cl)c1)Nc1cc(-c2ncc(C(F)(F)F)[nH]2)ccc1OCCCN1CCC(O)C1. The Hall–Kier alpha value is -3.52. The number of alkyl halides is 3. The van der Waals surface area contributed by atoms with Gasteiger partial charge in [-0.1, -0.05) is 23.6 Å². The first-order chi connectivity index (χ1) is 17.7. The fourth-order valence-electron chi connectivity index (χ4n) is 3.85. The van der Waals surface area contributed by atoms with E-state index in [1.807, 2.05) is 0 Å². The third-order valence-electron chi connectivity index (χ3n) is 5.65. The number of nitrogens with zero attached hydrogens (tertiary/aromatic N) is 2. The number of likely N-dealkylation sites (tertiary alicyclic amines) is 1. The Morgan fingerprint density at radius 3 is 2.84 bits per heavy atom. The van der Waals surface area contributed by atoms with E-state index in [1.165, 1.54) is 6.07 Å². The van der Waals surface area contributed by atoms with E-state index in [9.17, 15) is 23.1 Å². The molecule has 37 heavy (non-hydrogen) atoms. The van der Waals surface area contributed by atoms with E-state index in [2.05, 4.69) is 32.0 Å². The number of anilines is 1. The van der Waals surface area contributed by atoms with Crippen LogP contribution < -0.4 is 10.1 Å². The first-order valence-corrected chi connectivity index (χ1v) is 11.9. The van der Waals surface area contributed by atoms with Crippen LogP contribution in [0.2, 0.25) is 5.02 Å². The minimum atomic E-state index is -4.56. The number of aliphatic hydroxyl groups excluding tert-OH is 1. The van der Waals surface area contributed by atoms with Crippen molar-refractivity contribution in [1.82, 2.24) is 14.9 Å². The lowest BCUT2D eigenvalue weighted by Crippen LogP contribution is -2.24. The molecule has 0 saturated carbocycles. The summed E-state index contributed by atoms with van der Waals surface area (Å²) in [5.41, 5.74) is 0.138. The van der Waals surface area contributed by atoms with Gasteiger partial charge in [-0.15, -0.1) is 0 Å². The number of halogens is 4. The molecule has 2 aromatic carbocycles. The lowest BCUT2D eigenvalue weighted by molar-refractivity contribution is -0.140. The number of imidazole rings is 1. The predicted molar refractivity (Wildman–Crippen MR) is 133 cm³/mol. The number of hydrogen-bond donors (Lipinski definition) is 3. The van der Waals surface area contributed by atoms with Crippen molar-refractivity contribution < 1.29 is 27.8 Å². The van der Waals surface area contributed by atoms with Gasteiger partial charge in [-0.3, -0.25) is 4.79 Å². The molecule has 7 nitrogen and oxygen atoms in total. The molecule has 1 unspecified atom stereocenters. The molecule has 1 saturated heterocycles. The van der Waals surface area contributed by atoms with E-state index in [4.69, 9.17) is 16.3 Å². The van der Waals surface area contributed by atoms with Gasteiger partial charge in [0, 0.05) is 41.7 Å². The number of rotatable bonds is 7. The standard InChI is InChI=1S/C26H24ClF3N4O3/c27-19-4-1-3-17(13-19)5-8-24(36)32-21-14-18(25-31-15-23(33-25)26(28,29)30)6-7-22(21)37-12-2-10-34-11-9-20(35)16-34/h1,3-4,6-7,13-15,20,35H,2,9-12,16H2,(H,31,33)(H,32,36). The van der Waals surface area contributed by atoms with Crippen molar-refractivity contribution in [2.24, 2.45) is 0 Å². The van der Waals surface area contributed by atoms with E-state index in [-0.39, 0.29) is 17.6 Å². The molecule has 0 radical (unpaired) electrons. The van der Waals surface area contributed by atoms with Gasteiger partial charge in [0.1, 0.15) is 17.3 Å². The largest absolute Gasteiger partial charge is 0.491 e. The Balaban J connectivity index is 1.50. The maximum atomic E-state index is 13.0. The van der Waals surface area contributed by atoms with Crippen molar-refractivity contribution in [3.63, 3.8) is 0 Å². The van der Waals surface area contributed by atoms with Crippen LogP contribution in [0.3, 0.4) is 0 Å². The Labute approximate surface area is 216 Å². The van der Waals surface area contributed by atoms with Gasteiger partial charge in [-0.2, -0.15) is 13.2 Å². The number of hydrogen-bond acceptors (Lipinski definition) is 5. The molecule has 0 bridgehead atoms. The molecule has 2 heterocycles. The number of ether oxygens (including phenoxy) is 1. The summed E-state index contributed by atoms with van der Waals surface area (Å²) in [6, 6.07) is 11.3. The maximum Gasteiger partial charge on any atom is 0.432 e. The fourth-order valence-corrected chi connectivity index (χ4v) is 4.04. The van der Waals surface area contributed by atoms with Gasteiger partial charge in [0.05, 0.1) is 24.6 Å². The summed E-state index contributed by atoms with van der Waals surface area (Å²) in [6.45, 7) is 2.53. The van der Waals surface area contributed by atoms with Gasteiger partial charge in [-0.05, 0) is 49.2 Å². The minimum Gasteiger partial charge on any atom is -0.491 e. The minimum absolute atomic E-state index is 0.00743. The number of nitrogens with one attached hydrogen (secondary N) is 2. The number of carbonyl (C=O) groups is 1. The second-order valence-corrected chi connectivity index (χ2v) is 8.95. The molecule has 4 rings (SSSR count). The average Bonchev–Trinajstić information content (AvgIpc) is 3.51. The molecule has 1 atom stereocenters. The number of amides is 1. The molecule has 1 amide bonds. The fraction of sp³-hybridized carbons (Fsp3) is 0.308. The highest BCUT2D eigenvalue weighted by Crippen LogP contribution is 2.33. The predicted octanol–water partition coefficient (Wildman–Crippen LogP) is 4.57.